The van der Waals surface area contributed by atoms with Gasteiger partial charge in [-0.2, -0.15) is 0 Å². The van der Waals surface area contributed by atoms with Crippen LogP contribution in [0.3, 0.4) is 0 Å². The lowest BCUT2D eigenvalue weighted by atomic mass is 9.96. The fourth-order valence-electron chi connectivity index (χ4n) is 1.89. The molecule has 0 saturated heterocycles. The molecule has 2 aromatic carbocycles. The Hall–Kier alpha value is -1.74. The minimum absolute atomic E-state index is 0.179. The third-order valence-electron chi connectivity index (χ3n) is 3.18. The Morgan fingerprint density at radius 2 is 1.67 bits per heavy atom. The molecule has 94 valence electrons. The molecule has 1 nitrogen and oxygen atoms in total. The molecule has 0 aliphatic carbocycles. The van der Waals surface area contributed by atoms with E-state index in [9.17, 15) is 8.78 Å². The normalized spacial score (nSPS) is 12.5. The van der Waals surface area contributed by atoms with Gasteiger partial charge in [0.05, 0.1) is 6.04 Å². The van der Waals surface area contributed by atoms with E-state index >= 15 is 0 Å². The van der Waals surface area contributed by atoms with Gasteiger partial charge in [-0.1, -0.05) is 18.2 Å². The summed E-state index contributed by atoms with van der Waals surface area (Å²) in [7, 11) is 0. The molecule has 0 saturated carbocycles. The summed E-state index contributed by atoms with van der Waals surface area (Å²) in [5.74, 6) is -0.965. The third-order valence-corrected chi connectivity index (χ3v) is 3.18. The van der Waals surface area contributed by atoms with Gasteiger partial charge in [-0.3, -0.25) is 0 Å². The van der Waals surface area contributed by atoms with E-state index in [1.54, 1.807) is 0 Å². The van der Waals surface area contributed by atoms with Gasteiger partial charge in [-0.15, -0.1) is 0 Å². The van der Waals surface area contributed by atoms with Crippen LogP contribution < -0.4 is 5.73 Å². The topological polar surface area (TPSA) is 26.0 Å². The van der Waals surface area contributed by atoms with Gasteiger partial charge in [-0.05, 0) is 48.7 Å². The van der Waals surface area contributed by atoms with Crippen LogP contribution in [-0.2, 0) is 0 Å². The molecule has 0 radical (unpaired) electrons. The van der Waals surface area contributed by atoms with Crippen molar-refractivity contribution < 1.29 is 8.78 Å². The zero-order valence-corrected chi connectivity index (χ0v) is 10.4. The van der Waals surface area contributed by atoms with Gasteiger partial charge >= 0.3 is 0 Å². The quantitative estimate of drug-likeness (QED) is 0.861. The monoisotopic (exact) mass is 247 g/mol. The lowest BCUT2D eigenvalue weighted by Crippen LogP contribution is -2.14. The molecule has 0 heterocycles. The largest absolute Gasteiger partial charge is 0.320 e. The Kier molecular flexibility index (Phi) is 3.43. The molecule has 2 N–H and O–H groups in total. The van der Waals surface area contributed by atoms with Crippen LogP contribution in [0.15, 0.2) is 36.4 Å². The van der Waals surface area contributed by atoms with Crippen LogP contribution in [-0.4, -0.2) is 0 Å². The van der Waals surface area contributed by atoms with E-state index in [2.05, 4.69) is 0 Å². The number of aryl methyl sites for hydroxylation is 2. The number of benzene rings is 2. The van der Waals surface area contributed by atoms with Crippen LogP contribution in [0.25, 0.3) is 0 Å². The number of halogens is 2. The molecule has 0 amide bonds. The zero-order chi connectivity index (χ0) is 13.3. The van der Waals surface area contributed by atoms with E-state index in [0.29, 0.717) is 0 Å². The summed E-state index contributed by atoms with van der Waals surface area (Å²) in [6, 6.07) is 8.37. The predicted molar refractivity (Wildman–Crippen MR) is 68.3 cm³/mol. The molecule has 0 spiro atoms. The molecule has 0 aromatic heterocycles. The second-order valence-corrected chi connectivity index (χ2v) is 4.49. The molecule has 3 heteroatoms. The second-order valence-electron chi connectivity index (χ2n) is 4.49. The highest BCUT2D eigenvalue weighted by molar-refractivity contribution is 5.37. The van der Waals surface area contributed by atoms with E-state index in [1.807, 2.05) is 32.0 Å². The van der Waals surface area contributed by atoms with Crippen molar-refractivity contribution >= 4 is 0 Å². The standard InChI is InChI=1S/C15H15F2N/c1-9-3-4-11(7-10(9)2)15(18)13-8-12(16)5-6-14(13)17/h3-8,15H,18H2,1-2H3. The molecular weight excluding hydrogens is 232 g/mol. The van der Waals surface area contributed by atoms with Crippen molar-refractivity contribution in [2.75, 3.05) is 0 Å². The maximum absolute atomic E-state index is 13.6. The lowest BCUT2D eigenvalue weighted by Gasteiger charge is -2.15. The molecule has 18 heavy (non-hydrogen) atoms. The first kappa shape index (κ1) is 12.7. The summed E-state index contributed by atoms with van der Waals surface area (Å²) in [4.78, 5) is 0. The van der Waals surface area contributed by atoms with Crippen LogP contribution in [0.4, 0.5) is 8.78 Å². The number of nitrogens with two attached hydrogens (primary N) is 1. The first-order valence-corrected chi connectivity index (χ1v) is 5.76. The summed E-state index contributed by atoms with van der Waals surface area (Å²) in [6.45, 7) is 3.96. The Morgan fingerprint density at radius 1 is 0.944 bits per heavy atom. The van der Waals surface area contributed by atoms with E-state index in [-0.39, 0.29) is 5.56 Å². The summed E-state index contributed by atoms with van der Waals surface area (Å²) >= 11 is 0. The van der Waals surface area contributed by atoms with E-state index in [0.717, 1.165) is 34.9 Å². The van der Waals surface area contributed by atoms with Crippen molar-refractivity contribution in [3.05, 3.63) is 70.3 Å². The SMILES string of the molecule is Cc1ccc(C(N)c2cc(F)ccc2F)cc1C. The average molecular weight is 247 g/mol. The first-order valence-electron chi connectivity index (χ1n) is 5.76. The summed E-state index contributed by atoms with van der Waals surface area (Å²) < 4.78 is 26.8. The molecule has 2 aromatic rings. The van der Waals surface area contributed by atoms with Crippen LogP contribution in [0, 0.1) is 25.5 Å². The lowest BCUT2D eigenvalue weighted by molar-refractivity contribution is 0.576. The van der Waals surface area contributed by atoms with Crippen molar-refractivity contribution in [3.8, 4) is 0 Å². The highest BCUT2D eigenvalue weighted by Crippen LogP contribution is 2.24. The smallest absolute Gasteiger partial charge is 0.128 e. The third kappa shape index (κ3) is 2.41. The Balaban J connectivity index is 2.44. The van der Waals surface area contributed by atoms with E-state index < -0.39 is 17.7 Å². The fraction of sp³-hybridized carbons (Fsp3) is 0.200. The molecule has 0 aliphatic heterocycles. The van der Waals surface area contributed by atoms with Crippen molar-refractivity contribution in [2.45, 2.75) is 19.9 Å². The minimum Gasteiger partial charge on any atom is -0.320 e. The van der Waals surface area contributed by atoms with Crippen molar-refractivity contribution in [1.29, 1.82) is 0 Å². The van der Waals surface area contributed by atoms with Gasteiger partial charge in [0.25, 0.3) is 0 Å². The Morgan fingerprint density at radius 3 is 2.33 bits per heavy atom. The summed E-state index contributed by atoms with van der Waals surface area (Å²) in [5, 5.41) is 0. The van der Waals surface area contributed by atoms with Gasteiger partial charge in [0.2, 0.25) is 0 Å². The van der Waals surface area contributed by atoms with Crippen LogP contribution in [0.2, 0.25) is 0 Å². The molecule has 0 aliphatic rings. The van der Waals surface area contributed by atoms with Gasteiger partial charge in [0.1, 0.15) is 11.6 Å². The highest BCUT2D eigenvalue weighted by atomic mass is 19.1. The van der Waals surface area contributed by atoms with Gasteiger partial charge in [-0.25, -0.2) is 8.78 Å². The van der Waals surface area contributed by atoms with Gasteiger partial charge in [0, 0.05) is 5.56 Å². The first-order chi connectivity index (χ1) is 8.49. The molecular formula is C15H15F2N. The maximum atomic E-state index is 13.6. The number of rotatable bonds is 2. The van der Waals surface area contributed by atoms with Gasteiger partial charge in [0.15, 0.2) is 0 Å². The van der Waals surface area contributed by atoms with Crippen molar-refractivity contribution in [3.63, 3.8) is 0 Å². The van der Waals surface area contributed by atoms with E-state index in [4.69, 9.17) is 5.73 Å². The molecule has 0 fully saturated rings. The molecule has 1 unspecified atom stereocenters. The highest BCUT2D eigenvalue weighted by Gasteiger charge is 2.14. The Labute approximate surface area is 105 Å². The predicted octanol–water partition coefficient (Wildman–Crippen LogP) is 3.63. The van der Waals surface area contributed by atoms with E-state index in [1.165, 1.54) is 0 Å². The molecule has 0 bridgehead atoms. The Bertz CT molecular complexity index is 579. The van der Waals surface area contributed by atoms with Crippen LogP contribution >= 0.6 is 0 Å². The zero-order valence-electron chi connectivity index (χ0n) is 10.4. The van der Waals surface area contributed by atoms with Crippen molar-refractivity contribution in [2.24, 2.45) is 5.73 Å². The maximum Gasteiger partial charge on any atom is 0.128 e. The fourth-order valence-corrected chi connectivity index (χ4v) is 1.89. The average Bonchev–Trinajstić information content (AvgIpc) is 2.35. The second kappa shape index (κ2) is 4.86. The summed E-state index contributed by atoms with van der Waals surface area (Å²) in [6.07, 6.45) is 0. The van der Waals surface area contributed by atoms with Crippen molar-refractivity contribution in [1.82, 2.24) is 0 Å². The van der Waals surface area contributed by atoms with Crippen LogP contribution in [0.1, 0.15) is 28.3 Å². The van der Waals surface area contributed by atoms with Gasteiger partial charge < -0.3 is 5.73 Å². The minimum atomic E-state index is -0.653. The summed E-state index contributed by atoms with van der Waals surface area (Å²) in [5.41, 5.74) is 9.18. The molecule has 2 rings (SSSR count). The molecule has 1 atom stereocenters. The van der Waals surface area contributed by atoms with Crippen LogP contribution in [0.5, 0.6) is 0 Å². The number of hydrogen-bond donors (Lipinski definition) is 1. The number of hydrogen-bond acceptors (Lipinski definition) is 1.